The fraction of sp³-hybridized carbons (Fsp3) is 0.158. The number of rotatable bonds is 4. The Hall–Kier alpha value is -3.26. The van der Waals surface area contributed by atoms with Gasteiger partial charge in [0, 0.05) is 35.7 Å². The number of thiophene rings is 1. The molecule has 136 valence electrons. The second-order valence-electron chi connectivity index (χ2n) is 6.20. The van der Waals surface area contributed by atoms with E-state index in [9.17, 15) is 14.9 Å². The summed E-state index contributed by atoms with van der Waals surface area (Å²) in [6.07, 6.45) is 2.65. The number of carbonyl (C=O) groups is 1. The van der Waals surface area contributed by atoms with Gasteiger partial charge in [-0.2, -0.15) is 0 Å². The van der Waals surface area contributed by atoms with Crippen LogP contribution in [0.5, 0.6) is 0 Å². The van der Waals surface area contributed by atoms with Crippen LogP contribution in [0.4, 0.5) is 17.2 Å². The van der Waals surface area contributed by atoms with Crippen molar-refractivity contribution in [3.05, 3.63) is 80.2 Å². The molecule has 8 heteroatoms. The summed E-state index contributed by atoms with van der Waals surface area (Å²) in [4.78, 5) is 30.6. The monoisotopic (exact) mass is 380 g/mol. The summed E-state index contributed by atoms with van der Waals surface area (Å²) < 4.78 is 0. The normalized spacial score (nSPS) is 13.1. The van der Waals surface area contributed by atoms with Crippen LogP contribution < -0.4 is 10.2 Å². The lowest BCUT2D eigenvalue weighted by molar-refractivity contribution is -0.384. The highest BCUT2D eigenvalue weighted by Crippen LogP contribution is 2.27. The zero-order chi connectivity index (χ0) is 18.8. The van der Waals surface area contributed by atoms with E-state index in [1.165, 1.54) is 34.7 Å². The van der Waals surface area contributed by atoms with Gasteiger partial charge < -0.3 is 10.2 Å². The van der Waals surface area contributed by atoms with Crippen LogP contribution in [-0.4, -0.2) is 22.4 Å². The Morgan fingerprint density at radius 2 is 2.00 bits per heavy atom. The summed E-state index contributed by atoms with van der Waals surface area (Å²) in [5.41, 5.74) is 2.23. The Morgan fingerprint density at radius 1 is 1.19 bits per heavy atom. The van der Waals surface area contributed by atoms with E-state index in [-0.39, 0.29) is 11.6 Å². The van der Waals surface area contributed by atoms with Gasteiger partial charge in [0.1, 0.15) is 5.82 Å². The second kappa shape index (κ2) is 7.16. The van der Waals surface area contributed by atoms with Gasteiger partial charge in [-0.15, -0.1) is 11.3 Å². The van der Waals surface area contributed by atoms with E-state index in [0.717, 1.165) is 25.3 Å². The largest absolute Gasteiger partial charge is 0.352 e. The first kappa shape index (κ1) is 17.2. The Balaban J connectivity index is 1.42. The molecular weight excluding hydrogens is 364 g/mol. The molecule has 0 fully saturated rings. The number of nitro benzene ring substituents is 1. The quantitative estimate of drug-likeness (QED) is 0.548. The van der Waals surface area contributed by atoms with Crippen molar-refractivity contribution < 1.29 is 9.72 Å². The van der Waals surface area contributed by atoms with Crippen LogP contribution in [0.15, 0.2) is 54.0 Å². The van der Waals surface area contributed by atoms with Crippen molar-refractivity contribution in [3.63, 3.8) is 0 Å². The van der Waals surface area contributed by atoms with Crippen LogP contribution in [-0.2, 0) is 13.0 Å². The summed E-state index contributed by atoms with van der Waals surface area (Å²) in [5.74, 6) is 0.542. The number of nitrogens with one attached hydrogen (secondary N) is 1. The van der Waals surface area contributed by atoms with Crippen LogP contribution in [0.2, 0.25) is 0 Å². The molecule has 0 radical (unpaired) electrons. The lowest BCUT2D eigenvalue weighted by Crippen LogP contribution is -2.30. The third-order valence-electron chi connectivity index (χ3n) is 4.48. The third kappa shape index (κ3) is 3.65. The average Bonchev–Trinajstić information content (AvgIpc) is 3.16. The van der Waals surface area contributed by atoms with Crippen LogP contribution in [0.25, 0.3) is 0 Å². The number of hydrogen-bond donors (Lipinski definition) is 1. The number of hydrogen-bond acceptors (Lipinski definition) is 6. The molecule has 3 aromatic rings. The number of pyridine rings is 1. The number of nitrogens with zero attached hydrogens (tertiary/aromatic N) is 3. The van der Waals surface area contributed by atoms with Gasteiger partial charge in [-0.05, 0) is 47.7 Å². The molecule has 1 amide bonds. The minimum atomic E-state index is -0.496. The maximum Gasteiger partial charge on any atom is 0.269 e. The van der Waals surface area contributed by atoms with Crippen LogP contribution in [0, 0.1) is 10.1 Å². The van der Waals surface area contributed by atoms with Crippen molar-refractivity contribution in [2.45, 2.75) is 13.0 Å². The molecule has 1 N–H and O–H groups in total. The van der Waals surface area contributed by atoms with E-state index in [4.69, 9.17) is 0 Å². The summed E-state index contributed by atoms with van der Waals surface area (Å²) in [7, 11) is 0. The maximum atomic E-state index is 12.3. The summed E-state index contributed by atoms with van der Waals surface area (Å²) in [6, 6.07) is 11.3. The number of fused-ring (bicyclic) bond motifs is 1. The molecule has 1 aromatic carbocycles. The van der Waals surface area contributed by atoms with E-state index in [0.29, 0.717) is 11.3 Å². The molecule has 0 saturated heterocycles. The molecule has 2 aromatic heterocycles. The van der Waals surface area contributed by atoms with E-state index in [1.54, 1.807) is 17.5 Å². The molecule has 4 rings (SSSR count). The van der Waals surface area contributed by atoms with Gasteiger partial charge in [0.15, 0.2) is 0 Å². The summed E-state index contributed by atoms with van der Waals surface area (Å²) in [6.45, 7) is 1.77. The van der Waals surface area contributed by atoms with Gasteiger partial charge in [-0.1, -0.05) is 0 Å². The highest BCUT2D eigenvalue weighted by atomic mass is 32.1. The molecule has 0 bridgehead atoms. The molecule has 0 atom stereocenters. The van der Waals surface area contributed by atoms with Crippen LogP contribution >= 0.6 is 11.3 Å². The minimum Gasteiger partial charge on any atom is -0.352 e. The first-order valence-electron chi connectivity index (χ1n) is 8.42. The van der Waals surface area contributed by atoms with Gasteiger partial charge in [-0.25, -0.2) is 4.98 Å². The Morgan fingerprint density at radius 3 is 2.70 bits per heavy atom. The number of anilines is 2. The van der Waals surface area contributed by atoms with E-state index in [2.05, 4.69) is 26.6 Å². The molecule has 27 heavy (non-hydrogen) atoms. The molecule has 0 aliphatic carbocycles. The highest BCUT2D eigenvalue weighted by molar-refractivity contribution is 7.10. The topological polar surface area (TPSA) is 88.4 Å². The van der Waals surface area contributed by atoms with E-state index in [1.807, 2.05) is 12.1 Å². The molecule has 7 nitrogen and oxygen atoms in total. The fourth-order valence-electron chi connectivity index (χ4n) is 3.03. The fourth-order valence-corrected chi connectivity index (χ4v) is 3.92. The molecule has 0 unspecified atom stereocenters. The van der Waals surface area contributed by atoms with Crippen molar-refractivity contribution >= 4 is 34.4 Å². The Bertz CT molecular complexity index is 983. The SMILES string of the molecule is O=C(Nc1ccc(N2CCc3sccc3C2)nc1)c1ccc([N+](=O)[O-])cc1. The van der Waals surface area contributed by atoms with Gasteiger partial charge in [-0.3, -0.25) is 14.9 Å². The number of benzene rings is 1. The number of non-ortho nitro benzene ring substituents is 1. The maximum absolute atomic E-state index is 12.3. The first-order valence-corrected chi connectivity index (χ1v) is 9.30. The highest BCUT2D eigenvalue weighted by Gasteiger charge is 2.18. The average molecular weight is 380 g/mol. The van der Waals surface area contributed by atoms with Crippen molar-refractivity contribution in [3.8, 4) is 0 Å². The standard InChI is InChI=1S/C19H16N4O3S/c24-19(13-1-4-16(5-2-13)23(25)26)21-15-3-6-18(20-11-15)22-9-7-17-14(12-22)8-10-27-17/h1-6,8,10-11H,7,9,12H2,(H,21,24). The smallest absolute Gasteiger partial charge is 0.269 e. The van der Waals surface area contributed by atoms with Crippen molar-refractivity contribution in [1.29, 1.82) is 0 Å². The van der Waals surface area contributed by atoms with Gasteiger partial charge in [0.25, 0.3) is 11.6 Å². The molecule has 0 saturated carbocycles. The number of nitro groups is 1. The second-order valence-corrected chi connectivity index (χ2v) is 7.20. The molecule has 1 aliphatic heterocycles. The Labute approximate surface area is 159 Å². The molecular formula is C19H16N4O3S. The molecule has 0 spiro atoms. The number of carbonyl (C=O) groups excluding carboxylic acids is 1. The molecule has 3 heterocycles. The lowest BCUT2D eigenvalue weighted by Gasteiger charge is -2.28. The zero-order valence-corrected chi connectivity index (χ0v) is 15.1. The predicted molar refractivity (Wildman–Crippen MR) is 104 cm³/mol. The van der Waals surface area contributed by atoms with Crippen LogP contribution in [0.1, 0.15) is 20.8 Å². The lowest BCUT2D eigenvalue weighted by atomic mass is 10.1. The Kier molecular flexibility index (Phi) is 4.55. The third-order valence-corrected chi connectivity index (χ3v) is 5.50. The first-order chi connectivity index (χ1) is 13.1. The number of aromatic nitrogens is 1. The number of amides is 1. The molecule has 1 aliphatic rings. The summed E-state index contributed by atoms with van der Waals surface area (Å²) in [5, 5.41) is 15.6. The van der Waals surface area contributed by atoms with Crippen molar-refractivity contribution in [2.75, 3.05) is 16.8 Å². The van der Waals surface area contributed by atoms with Crippen LogP contribution in [0.3, 0.4) is 0 Å². The summed E-state index contributed by atoms with van der Waals surface area (Å²) >= 11 is 1.80. The van der Waals surface area contributed by atoms with Gasteiger partial charge >= 0.3 is 0 Å². The van der Waals surface area contributed by atoms with Gasteiger partial charge in [0.05, 0.1) is 16.8 Å². The zero-order valence-electron chi connectivity index (χ0n) is 14.3. The van der Waals surface area contributed by atoms with Crippen molar-refractivity contribution in [1.82, 2.24) is 4.98 Å². The van der Waals surface area contributed by atoms with Gasteiger partial charge in [0.2, 0.25) is 0 Å². The predicted octanol–water partition coefficient (Wildman–Crippen LogP) is 3.87. The van der Waals surface area contributed by atoms with Crippen molar-refractivity contribution in [2.24, 2.45) is 0 Å². The van der Waals surface area contributed by atoms with E-state index >= 15 is 0 Å². The minimum absolute atomic E-state index is 0.0483. The van der Waals surface area contributed by atoms with E-state index < -0.39 is 4.92 Å².